The fourth-order valence-electron chi connectivity index (χ4n) is 5.15. The van der Waals surface area contributed by atoms with Gasteiger partial charge in [-0.3, -0.25) is 14.4 Å². The number of piperidine rings is 1. The van der Waals surface area contributed by atoms with Crippen LogP contribution < -0.4 is 5.32 Å². The Morgan fingerprint density at radius 3 is 2.33 bits per heavy atom. The molecule has 1 aliphatic rings. The van der Waals surface area contributed by atoms with Gasteiger partial charge in [0.15, 0.2) is 17.3 Å². The number of anilines is 1. The van der Waals surface area contributed by atoms with Crippen molar-refractivity contribution in [1.82, 2.24) is 29.2 Å². The van der Waals surface area contributed by atoms with Gasteiger partial charge in [-0.2, -0.15) is 18.3 Å². The van der Waals surface area contributed by atoms with Crippen molar-refractivity contribution in [1.29, 1.82) is 0 Å². The highest BCUT2D eigenvalue weighted by Crippen LogP contribution is 2.37. The van der Waals surface area contributed by atoms with Crippen LogP contribution in [0.1, 0.15) is 60.3 Å². The lowest BCUT2D eigenvalue weighted by atomic mass is 9.96. The summed E-state index contributed by atoms with van der Waals surface area (Å²) in [5, 5.41) is 9.04. The molecule has 4 aromatic rings. The number of nitroso groups, excluding NO2 is 1. The smallest absolute Gasteiger partial charge is 0.435 e. The van der Waals surface area contributed by atoms with Gasteiger partial charge in [0.25, 0.3) is 11.8 Å². The number of carbonyl (C=O) groups excluding carboxylic acids is 3. The van der Waals surface area contributed by atoms with E-state index in [0.29, 0.717) is 25.9 Å². The molecule has 0 atom stereocenters. The zero-order chi connectivity index (χ0) is 35.0. The summed E-state index contributed by atoms with van der Waals surface area (Å²) in [5.41, 5.74) is -1.85. The molecule has 1 aromatic carbocycles. The lowest BCUT2D eigenvalue weighted by molar-refractivity contribution is -0.161. The molecule has 0 unspecified atom stereocenters. The average Bonchev–Trinajstić information content (AvgIpc) is 3.64. The lowest BCUT2D eigenvalue weighted by Gasteiger charge is -2.32. The highest BCUT2D eigenvalue weighted by molar-refractivity contribution is 6.34. The number of likely N-dealkylation sites (tertiary alicyclic amines) is 1. The quantitative estimate of drug-likeness (QED) is 0.179. The molecular formula is C31H30ClF3N8O5. The number of ether oxygens (including phenoxy) is 1. The third kappa shape index (κ3) is 7.38. The van der Waals surface area contributed by atoms with Crippen molar-refractivity contribution in [2.24, 2.45) is 18.1 Å². The Morgan fingerprint density at radius 1 is 1.04 bits per heavy atom. The number of nitrogens with zero attached hydrogens (tertiary/aromatic N) is 7. The number of halogens is 4. The average molecular weight is 687 g/mol. The molecule has 2 amide bonds. The lowest BCUT2D eigenvalue weighted by Crippen LogP contribution is -2.41. The Balaban J connectivity index is 1.29. The summed E-state index contributed by atoms with van der Waals surface area (Å²) in [7, 11) is 1.37. The van der Waals surface area contributed by atoms with E-state index in [1.54, 1.807) is 25.7 Å². The molecule has 1 fully saturated rings. The summed E-state index contributed by atoms with van der Waals surface area (Å²) in [6, 6.07) is 6.88. The number of hydrogen-bond donors (Lipinski definition) is 1. The number of aromatic nitrogens is 5. The van der Waals surface area contributed by atoms with Crippen molar-refractivity contribution in [2.75, 3.05) is 18.4 Å². The number of hydrogen-bond acceptors (Lipinski definition) is 9. The van der Waals surface area contributed by atoms with Gasteiger partial charge in [0, 0.05) is 32.0 Å². The van der Waals surface area contributed by atoms with Crippen LogP contribution in [0.3, 0.4) is 0 Å². The molecule has 4 heterocycles. The molecule has 3 aromatic heterocycles. The van der Waals surface area contributed by atoms with Crippen molar-refractivity contribution in [3.63, 3.8) is 0 Å². The van der Waals surface area contributed by atoms with E-state index in [9.17, 15) is 32.5 Å². The van der Waals surface area contributed by atoms with Gasteiger partial charge >= 0.3 is 12.1 Å². The fraction of sp³-hybridized carbons (Fsp3) is 0.355. The number of nitrogens with one attached hydrogen (secondary N) is 1. The molecule has 48 heavy (non-hydrogen) atoms. The number of imidazole rings is 1. The Labute approximate surface area is 277 Å². The molecule has 1 N–H and O–H groups in total. The first-order chi connectivity index (χ1) is 22.6. The Kier molecular flexibility index (Phi) is 9.39. The predicted octanol–water partition coefficient (Wildman–Crippen LogP) is 6.18. The van der Waals surface area contributed by atoms with Crippen molar-refractivity contribution in [3.05, 3.63) is 75.9 Å². The van der Waals surface area contributed by atoms with Gasteiger partial charge in [0.2, 0.25) is 0 Å². The van der Waals surface area contributed by atoms with E-state index in [2.05, 4.69) is 25.6 Å². The summed E-state index contributed by atoms with van der Waals surface area (Å²) < 4.78 is 49.5. The van der Waals surface area contributed by atoms with E-state index in [-0.39, 0.29) is 62.7 Å². The molecule has 1 saturated heterocycles. The monoisotopic (exact) mass is 686 g/mol. The second-order valence-corrected chi connectivity index (χ2v) is 12.5. The minimum Gasteiger partial charge on any atom is -0.460 e. The molecule has 252 valence electrons. The number of amides is 2. The van der Waals surface area contributed by atoms with Gasteiger partial charge in [-0.15, -0.1) is 4.91 Å². The number of esters is 1. The van der Waals surface area contributed by atoms with Gasteiger partial charge in [-0.1, -0.05) is 11.6 Å². The van der Waals surface area contributed by atoms with E-state index < -0.39 is 23.4 Å². The van der Waals surface area contributed by atoms with Crippen molar-refractivity contribution >= 4 is 40.8 Å². The molecule has 0 bridgehead atoms. The van der Waals surface area contributed by atoms with Gasteiger partial charge in [0.1, 0.15) is 11.3 Å². The molecule has 0 saturated carbocycles. The molecule has 5 rings (SSSR count). The molecule has 1 aliphatic heterocycles. The number of benzene rings is 1. The van der Waals surface area contributed by atoms with Crippen molar-refractivity contribution in [3.8, 4) is 17.1 Å². The maximum atomic E-state index is 14.0. The fourth-order valence-corrected chi connectivity index (χ4v) is 5.42. The molecule has 0 spiro atoms. The predicted molar refractivity (Wildman–Crippen MR) is 168 cm³/mol. The Hall–Kier alpha value is -5.12. The van der Waals surface area contributed by atoms with Gasteiger partial charge in [-0.25, -0.2) is 14.6 Å². The van der Waals surface area contributed by atoms with E-state index >= 15 is 0 Å². The first-order valence-corrected chi connectivity index (χ1v) is 15.1. The van der Waals surface area contributed by atoms with Crippen LogP contribution in [-0.2, 0) is 22.8 Å². The van der Waals surface area contributed by atoms with Crippen LogP contribution >= 0.6 is 11.6 Å². The first kappa shape index (κ1) is 34.2. The summed E-state index contributed by atoms with van der Waals surface area (Å²) in [5.74, 6) is -1.89. The second-order valence-electron chi connectivity index (χ2n) is 12.1. The van der Waals surface area contributed by atoms with Gasteiger partial charge in [0.05, 0.1) is 40.2 Å². The molecule has 0 aliphatic carbocycles. The number of rotatable bonds is 7. The largest absolute Gasteiger partial charge is 0.460 e. The van der Waals surface area contributed by atoms with E-state index in [1.807, 2.05) is 0 Å². The van der Waals surface area contributed by atoms with Crippen LogP contribution in [0, 0.1) is 10.8 Å². The molecular weight excluding hydrogens is 657 g/mol. The van der Waals surface area contributed by atoms with Gasteiger partial charge in [-0.05, 0) is 69.1 Å². The minimum atomic E-state index is -4.86. The topological polar surface area (TPSA) is 154 Å². The molecule has 13 nitrogen and oxygen atoms in total. The summed E-state index contributed by atoms with van der Waals surface area (Å²) in [6.07, 6.45) is -0.665. The number of carbonyl (C=O) groups is 3. The van der Waals surface area contributed by atoms with E-state index in [1.165, 1.54) is 41.9 Å². The van der Waals surface area contributed by atoms with Crippen molar-refractivity contribution in [2.45, 2.75) is 45.4 Å². The highest BCUT2D eigenvalue weighted by atomic mass is 35.5. The Bertz CT molecular complexity index is 1870. The first-order valence-electron chi connectivity index (χ1n) is 14.7. The normalized spacial score (nSPS) is 14.1. The summed E-state index contributed by atoms with van der Waals surface area (Å²) >= 11 is 6.43. The minimum absolute atomic E-state index is 0.00312. The third-order valence-corrected chi connectivity index (χ3v) is 7.81. The second kappa shape index (κ2) is 13.2. The zero-order valence-electron chi connectivity index (χ0n) is 26.2. The van der Waals surface area contributed by atoms with Crippen LogP contribution in [0.25, 0.3) is 17.1 Å². The van der Waals surface area contributed by atoms with Crippen LogP contribution in [0.4, 0.5) is 24.5 Å². The van der Waals surface area contributed by atoms with Crippen LogP contribution in [0.2, 0.25) is 5.02 Å². The van der Waals surface area contributed by atoms with Gasteiger partial charge < -0.3 is 19.5 Å². The summed E-state index contributed by atoms with van der Waals surface area (Å²) in [6.45, 7) is 6.08. The van der Waals surface area contributed by atoms with Crippen LogP contribution in [-0.4, -0.2) is 65.7 Å². The standard InChI is InChI=1S/C31H30ClF3N8O5/c1-30(2,3)48-29(46)17-9-11-42(12-10-17)28(45)20-7-5-18(13-22(20)32)38-27(44)26-37-15-23(41(26)4)21-16-43(39-25(21)31(33,34)35)24-8-6-19(40-47)14-36-24/h5-8,13-17H,9-12H2,1-4H3,(H,38,44). The molecule has 0 radical (unpaired) electrons. The van der Waals surface area contributed by atoms with Crippen LogP contribution in [0.15, 0.2) is 54.1 Å². The third-order valence-electron chi connectivity index (χ3n) is 7.50. The van der Waals surface area contributed by atoms with E-state index in [4.69, 9.17) is 16.3 Å². The van der Waals surface area contributed by atoms with Crippen LogP contribution in [0.5, 0.6) is 0 Å². The zero-order valence-corrected chi connectivity index (χ0v) is 27.0. The van der Waals surface area contributed by atoms with Crippen molar-refractivity contribution < 1.29 is 32.3 Å². The summed E-state index contributed by atoms with van der Waals surface area (Å²) in [4.78, 5) is 59.0. The highest BCUT2D eigenvalue weighted by Gasteiger charge is 2.39. The SMILES string of the molecule is Cn1c(-c2cn(-c3ccc(N=O)cn3)nc2C(F)(F)F)cnc1C(=O)Nc1ccc(C(=O)N2CCC(C(=O)OC(C)(C)C)CC2)c(Cl)c1. The Morgan fingerprint density at radius 2 is 1.75 bits per heavy atom. The van der Waals surface area contributed by atoms with E-state index in [0.717, 1.165) is 23.3 Å². The molecule has 17 heteroatoms. The number of pyridine rings is 1. The number of alkyl halides is 3. The maximum Gasteiger partial charge on any atom is 0.435 e. The maximum absolute atomic E-state index is 14.0.